The van der Waals surface area contributed by atoms with E-state index in [-0.39, 0.29) is 24.2 Å². The average Bonchev–Trinajstić information content (AvgIpc) is 2.55. The number of likely N-dealkylation sites (N-methyl/N-ethyl adjacent to an activating group) is 1. The Morgan fingerprint density at radius 1 is 1.33 bits per heavy atom. The molecule has 2 amide bonds. The fraction of sp³-hybridized carbons (Fsp3) is 0.579. The maximum absolute atomic E-state index is 13.4. The van der Waals surface area contributed by atoms with Crippen LogP contribution in [0, 0.1) is 5.82 Å². The van der Waals surface area contributed by atoms with Crippen LogP contribution in [0.2, 0.25) is 0 Å². The van der Waals surface area contributed by atoms with Crippen molar-refractivity contribution in [3.8, 4) is 0 Å². The molecule has 1 N–H and O–H groups in total. The molecule has 1 aliphatic rings. The topological polar surface area (TPSA) is 61.9 Å². The zero-order valence-corrected chi connectivity index (χ0v) is 17.8. The lowest BCUT2D eigenvalue weighted by Crippen LogP contribution is -2.58. The molecule has 1 fully saturated rings. The summed E-state index contributed by atoms with van der Waals surface area (Å²) in [6.45, 7) is 7.74. The lowest BCUT2D eigenvalue weighted by atomic mass is 10.1. The second-order valence-corrected chi connectivity index (χ2v) is 8.67. The quantitative estimate of drug-likeness (QED) is 0.776. The zero-order chi connectivity index (χ0) is 20.2. The van der Waals surface area contributed by atoms with Crippen molar-refractivity contribution < 1.29 is 18.7 Å². The van der Waals surface area contributed by atoms with E-state index in [1.165, 1.54) is 6.07 Å². The van der Waals surface area contributed by atoms with Gasteiger partial charge in [0.2, 0.25) is 5.91 Å². The summed E-state index contributed by atoms with van der Waals surface area (Å²) >= 11 is 3.15. The highest BCUT2D eigenvalue weighted by molar-refractivity contribution is 9.10. The molecule has 0 saturated carbocycles. The van der Waals surface area contributed by atoms with Gasteiger partial charge in [0, 0.05) is 26.2 Å². The molecule has 0 unspecified atom stereocenters. The third-order valence-electron chi connectivity index (χ3n) is 4.23. The number of hydrogen-bond donors (Lipinski definition) is 1. The van der Waals surface area contributed by atoms with Gasteiger partial charge in [-0.3, -0.25) is 4.79 Å². The maximum Gasteiger partial charge on any atom is 0.407 e. The Kier molecular flexibility index (Phi) is 7.22. The highest BCUT2D eigenvalue weighted by atomic mass is 79.9. The van der Waals surface area contributed by atoms with Crippen molar-refractivity contribution in [1.82, 2.24) is 15.1 Å². The van der Waals surface area contributed by atoms with E-state index < -0.39 is 11.7 Å². The van der Waals surface area contributed by atoms with Crippen LogP contribution in [0.3, 0.4) is 0 Å². The molecule has 0 spiro atoms. The van der Waals surface area contributed by atoms with Crippen molar-refractivity contribution >= 4 is 27.9 Å². The third kappa shape index (κ3) is 6.77. The molecule has 1 aromatic carbocycles. The summed E-state index contributed by atoms with van der Waals surface area (Å²) in [4.78, 5) is 28.6. The third-order valence-corrected chi connectivity index (χ3v) is 4.83. The minimum atomic E-state index is -0.571. The van der Waals surface area contributed by atoms with Crippen LogP contribution in [0.25, 0.3) is 0 Å². The van der Waals surface area contributed by atoms with Gasteiger partial charge in [0.05, 0.1) is 16.9 Å². The summed E-state index contributed by atoms with van der Waals surface area (Å²) in [5, 5.41) is 2.76. The van der Waals surface area contributed by atoms with E-state index in [2.05, 4.69) is 26.1 Å². The number of hydrogen-bond acceptors (Lipinski definition) is 4. The van der Waals surface area contributed by atoms with E-state index in [4.69, 9.17) is 4.74 Å². The molecule has 0 bridgehead atoms. The monoisotopic (exact) mass is 443 g/mol. The van der Waals surface area contributed by atoms with Crippen LogP contribution in [-0.2, 0) is 16.0 Å². The summed E-state index contributed by atoms with van der Waals surface area (Å²) < 4.78 is 19.0. The Hall–Kier alpha value is -1.67. The first-order valence-electron chi connectivity index (χ1n) is 8.94. The molecule has 1 aromatic rings. The molecule has 1 heterocycles. The molecule has 2 rings (SSSR count). The first-order valence-corrected chi connectivity index (χ1v) is 9.73. The Labute approximate surface area is 168 Å². The molecule has 1 aliphatic heterocycles. The first-order chi connectivity index (χ1) is 12.5. The van der Waals surface area contributed by atoms with Crippen molar-refractivity contribution in [1.29, 1.82) is 0 Å². The number of nitrogens with one attached hydrogen (secondary N) is 1. The summed E-state index contributed by atoms with van der Waals surface area (Å²) in [6.07, 6.45) is -0.309. The number of rotatable bonds is 4. The smallest absolute Gasteiger partial charge is 0.407 e. The number of amides is 2. The first kappa shape index (κ1) is 21.6. The number of halogens is 2. The predicted octanol–water partition coefficient (Wildman–Crippen LogP) is 2.80. The molecule has 6 nitrogen and oxygen atoms in total. The van der Waals surface area contributed by atoms with Crippen molar-refractivity contribution in [3.63, 3.8) is 0 Å². The normalized spacial score (nSPS) is 18.3. The maximum atomic E-state index is 13.4. The van der Waals surface area contributed by atoms with Crippen LogP contribution >= 0.6 is 15.9 Å². The van der Waals surface area contributed by atoms with Gasteiger partial charge >= 0.3 is 6.09 Å². The second kappa shape index (κ2) is 9.01. The van der Waals surface area contributed by atoms with Crippen LogP contribution in [0.5, 0.6) is 0 Å². The van der Waals surface area contributed by atoms with Gasteiger partial charge < -0.3 is 19.9 Å². The molecule has 0 aromatic heterocycles. The average molecular weight is 444 g/mol. The number of nitrogens with zero attached hydrogens (tertiary/aromatic N) is 2. The lowest BCUT2D eigenvalue weighted by molar-refractivity contribution is -0.135. The largest absolute Gasteiger partial charge is 0.444 e. The van der Waals surface area contributed by atoms with Crippen LogP contribution in [0.4, 0.5) is 9.18 Å². The molecular formula is C19H27BrFN3O3. The summed E-state index contributed by atoms with van der Waals surface area (Å²) in [5.41, 5.74) is 0.171. The molecular weight excluding hydrogens is 417 g/mol. The molecule has 0 radical (unpaired) electrons. The van der Waals surface area contributed by atoms with Gasteiger partial charge in [0.25, 0.3) is 0 Å². The zero-order valence-electron chi connectivity index (χ0n) is 16.2. The highest BCUT2D eigenvalue weighted by Crippen LogP contribution is 2.18. The molecule has 8 heteroatoms. The van der Waals surface area contributed by atoms with Gasteiger partial charge in [-0.05, 0) is 61.4 Å². The van der Waals surface area contributed by atoms with Crippen molar-refractivity contribution in [2.24, 2.45) is 0 Å². The standard InChI is InChI=1S/C19H27BrFN3O3/c1-19(2,3)27-18(26)22-11-14-12-23(4)7-8-24(14)17(25)10-13-5-6-16(21)15(20)9-13/h5-6,9,14H,7-8,10-12H2,1-4H3,(H,22,26)/t14-/m1/s1. The lowest BCUT2D eigenvalue weighted by Gasteiger charge is -2.40. The summed E-state index contributed by atoms with van der Waals surface area (Å²) in [7, 11) is 1.99. The highest BCUT2D eigenvalue weighted by Gasteiger charge is 2.30. The molecule has 27 heavy (non-hydrogen) atoms. The SMILES string of the molecule is CN1CCN(C(=O)Cc2ccc(F)c(Br)c2)[C@H](CNC(=O)OC(C)(C)C)C1. The number of alkyl carbamates (subject to hydrolysis) is 1. The van der Waals surface area contributed by atoms with Gasteiger partial charge in [-0.25, -0.2) is 9.18 Å². The van der Waals surface area contributed by atoms with E-state index >= 15 is 0 Å². The molecule has 1 saturated heterocycles. The number of piperazine rings is 1. The second-order valence-electron chi connectivity index (χ2n) is 7.81. The predicted molar refractivity (Wildman–Crippen MR) is 105 cm³/mol. The van der Waals surface area contributed by atoms with Crippen molar-refractivity contribution in [2.45, 2.75) is 38.8 Å². The number of benzene rings is 1. The number of carbonyl (C=O) groups excluding carboxylic acids is 2. The van der Waals surface area contributed by atoms with E-state index in [1.807, 2.05) is 7.05 Å². The Bertz CT molecular complexity index is 693. The minimum Gasteiger partial charge on any atom is -0.444 e. The molecule has 0 aliphatic carbocycles. The Balaban J connectivity index is 2.00. The van der Waals surface area contributed by atoms with Crippen LogP contribution in [0.15, 0.2) is 22.7 Å². The van der Waals surface area contributed by atoms with Crippen LogP contribution in [-0.4, -0.2) is 66.7 Å². The van der Waals surface area contributed by atoms with Gasteiger partial charge in [-0.1, -0.05) is 6.07 Å². The summed E-state index contributed by atoms with van der Waals surface area (Å²) in [5.74, 6) is -0.400. The Morgan fingerprint density at radius 2 is 2.04 bits per heavy atom. The number of ether oxygens (including phenoxy) is 1. The number of carbonyl (C=O) groups is 2. The Morgan fingerprint density at radius 3 is 2.67 bits per heavy atom. The van der Waals surface area contributed by atoms with E-state index in [0.717, 1.165) is 12.1 Å². The molecule has 150 valence electrons. The van der Waals surface area contributed by atoms with Crippen LogP contribution < -0.4 is 5.32 Å². The minimum absolute atomic E-state index is 0.0439. The molecule has 1 atom stereocenters. The van der Waals surface area contributed by atoms with Gasteiger partial charge in [0.1, 0.15) is 11.4 Å². The fourth-order valence-electron chi connectivity index (χ4n) is 2.95. The van der Waals surface area contributed by atoms with Gasteiger partial charge in [-0.2, -0.15) is 0 Å². The van der Waals surface area contributed by atoms with Gasteiger partial charge in [0.15, 0.2) is 0 Å². The van der Waals surface area contributed by atoms with E-state index in [1.54, 1.807) is 37.8 Å². The fourth-order valence-corrected chi connectivity index (χ4v) is 3.38. The van der Waals surface area contributed by atoms with E-state index in [9.17, 15) is 14.0 Å². The van der Waals surface area contributed by atoms with Gasteiger partial charge in [-0.15, -0.1) is 0 Å². The van der Waals surface area contributed by atoms with Crippen LogP contribution in [0.1, 0.15) is 26.3 Å². The van der Waals surface area contributed by atoms with Crippen molar-refractivity contribution in [2.75, 3.05) is 33.2 Å². The van der Waals surface area contributed by atoms with E-state index in [0.29, 0.717) is 24.1 Å². The van der Waals surface area contributed by atoms with Crippen molar-refractivity contribution in [3.05, 3.63) is 34.1 Å². The summed E-state index contributed by atoms with van der Waals surface area (Å²) in [6, 6.07) is 4.44.